The van der Waals surface area contributed by atoms with Crippen molar-refractivity contribution in [2.45, 2.75) is 39.7 Å². The Morgan fingerprint density at radius 1 is 1.11 bits per heavy atom. The van der Waals surface area contributed by atoms with Crippen molar-refractivity contribution < 1.29 is 0 Å². The number of fused-ring (bicyclic) bond motifs is 1. The fourth-order valence-corrected chi connectivity index (χ4v) is 2.17. The number of pyridine rings is 1. The van der Waals surface area contributed by atoms with E-state index in [1.807, 2.05) is 12.4 Å². The molecule has 0 aliphatic heterocycles. The van der Waals surface area contributed by atoms with Crippen molar-refractivity contribution in [2.75, 3.05) is 5.32 Å². The Morgan fingerprint density at radius 2 is 1.94 bits per heavy atom. The number of anilines is 1. The smallest absolute Gasteiger partial charge is 0.0423 e. The van der Waals surface area contributed by atoms with Gasteiger partial charge in [0.2, 0.25) is 0 Å². The lowest BCUT2D eigenvalue weighted by atomic mass is 10.0. The van der Waals surface area contributed by atoms with Crippen LogP contribution < -0.4 is 5.32 Å². The Labute approximate surface area is 109 Å². The molecule has 2 aromatic rings. The maximum Gasteiger partial charge on any atom is 0.0423 e. The van der Waals surface area contributed by atoms with Gasteiger partial charge in [-0.25, -0.2) is 0 Å². The minimum atomic E-state index is 0.506. The Kier molecular flexibility index (Phi) is 4.19. The van der Waals surface area contributed by atoms with Crippen LogP contribution in [0.15, 0.2) is 36.7 Å². The monoisotopic (exact) mass is 242 g/mol. The van der Waals surface area contributed by atoms with E-state index in [0.717, 1.165) is 5.92 Å². The number of nitrogens with one attached hydrogen (secondary N) is 1. The minimum absolute atomic E-state index is 0.506. The molecule has 18 heavy (non-hydrogen) atoms. The second-order valence-electron chi connectivity index (χ2n) is 5.42. The highest BCUT2D eigenvalue weighted by Crippen LogP contribution is 2.23. The molecule has 96 valence electrons. The third kappa shape index (κ3) is 3.22. The van der Waals surface area contributed by atoms with Gasteiger partial charge in [0.15, 0.2) is 0 Å². The van der Waals surface area contributed by atoms with Crippen LogP contribution in [0.2, 0.25) is 0 Å². The lowest BCUT2D eigenvalue weighted by Crippen LogP contribution is -2.15. The average molecular weight is 242 g/mol. The highest BCUT2D eigenvalue weighted by Gasteiger charge is 2.06. The summed E-state index contributed by atoms with van der Waals surface area (Å²) in [6.45, 7) is 6.80. The van der Waals surface area contributed by atoms with Crippen molar-refractivity contribution in [3.63, 3.8) is 0 Å². The Morgan fingerprint density at radius 3 is 2.72 bits per heavy atom. The first-order valence-electron chi connectivity index (χ1n) is 6.76. The summed E-state index contributed by atoms with van der Waals surface area (Å²) in [7, 11) is 0. The van der Waals surface area contributed by atoms with Crippen LogP contribution in [0.25, 0.3) is 10.8 Å². The molecule has 1 aromatic carbocycles. The van der Waals surface area contributed by atoms with E-state index in [2.05, 4.69) is 55.3 Å². The van der Waals surface area contributed by atoms with Gasteiger partial charge in [0, 0.05) is 34.9 Å². The molecule has 0 saturated heterocycles. The van der Waals surface area contributed by atoms with Gasteiger partial charge < -0.3 is 5.32 Å². The zero-order valence-corrected chi connectivity index (χ0v) is 11.5. The molecular formula is C16H22N2. The van der Waals surface area contributed by atoms with Crippen molar-refractivity contribution in [2.24, 2.45) is 5.92 Å². The van der Waals surface area contributed by atoms with Crippen LogP contribution in [0.5, 0.6) is 0 Å². The summed E-state index contributed by atoms with van der Waals surface area (Å²) >= 11 is 0. The molecule has 2 heteroatoms. The molecule has 0 radical (unpaired) electrons. The molecule has 1 atom stereocenters. The number of nitrogens with zero attached hydrogens (tertiary/aromatic N) is 1. The maximum absolute atomic E-state index is 4.16. The van der Waals surface area contributed by atoms with Gasteiger partial charge in [0.1, 0.15) is 0 Å². The van der Waals surface area contributed by atoms with Crippen molar-refractivity contribution in [1.82, 2.24) is 4.98 Å². The van der Waals surface area contributed by atoms with Crippen LogP contribution in [0, 0.1) is 5.92 Å². The number of aromatic nitrogens is 1. The molecule has 2 rings (SSSR count). The van der Waals surface area contributed by atoms with E-state index in [1.165, 1.54) is 29.3 Å². The molecule has 1 aromatic heterocycles. The molecule has 0 saturated carbocycles. The molecule has 0 bridgehead atoms. The zero-order valence-electron chi connectivity index (χ0n) is 11.5. The SMILES string of the molecule is CC(C)CCC(C)Nc1cccc2cnccc12. The molecule has 0 aliphatic carbocycles. The first-order valence-corrected chi connectivity index (χ1v) is 6.76. The van der Waals surface area contributed by atoms with Crippen LogP contribution in [-0.2, 0) is 0 Å². The van der Waals surface area contributed by atoms with E-state index >= 15 is 0 Å². The van der Waals surface area contributed by atoms with E-state index in [9.17, 15) is 0 Å². The summed E-state index contributed by atoms with van der Waals surface area (Å²) < 4.78 is 0. The lowest BCUT2D eigenvalue weighted by molar-refractivity contribution is 0.528. The Bertz CT molecular complexity index is 500. The van der Waals surface area contributed by atoms with Crippen molar-refractivity contribution >= 4 is 16.5 Å². The predicted octanol–water partition coefficient (Wildman–Crippen LogP) is 4.47. The summed E-state index contributed by atoms with van der Waals surface area (Å²) in [4.78, 5) is 4.16. The summed E-state index contributed by atoms with van der Waals surface area (Å²) in [5, 5.41) is 6.06. The number of hydrogen-bond donors (Lipinski definition) is 1. The van der Waals surface area contributed by atoms with Crippen molar-refractivity contribution in [3.8, 4) is 0 Å². The van der Waals surface area contributed by atoms with Crippen LogP contribution in [0.3, 0.4) is 0 Å². The first-order chi connectivity index (χ1) is 8.66. The van der Waals surface area contributed by atoms with E-state index < -0.39 is 0 Å². The molecule has 1 unspecified atom stereocenters. The molecule has 0 spiro atoms. The summed E-state index contributed by atoms with van der Waals surface area (Å²) in [6.07, 6.45) is 6.24. The maximum atomic E-state index is 4.16. The molecule has 1 heterocycles. The highest BCUT2D eigenvalue weighted by molar-refractivity contribution is 5.93. The second kappa shape index (κ2) is 5.85. The van der Waals surface area contributed by atoms with Gasteiger partial charge in [0.25, 0.3) is 0 Å². The molecule has 2 nitrogen and oxygen atoms in total. The van der Waals surface area contributed by atoms with Gasteiger partial charge in [-0.2, -0.15) is 0 Å². The van der Waals surface area contributed by atoms with E-state index in [4.69, 9.17) is 0 Å². The summed E-state index contributed by atoms with van der Waals surface area (Å²) in [6, 6.07) is 8.92. The van der Waals surface area contributed by atoms with E-state index in [-0.39, 0.29) is 0 Å². The van der Waals surface area contributed by atoms with Gasteiger partial charge in [-0.15, -0.1) is 0 Å². The van der Waals surface area contributed by atoms with Crippen LogP contribution in [0.1, 0.15) is 33.6 Å². The Balaban J connectivity index is 2.11. The van der Waals surface area contributed by atoms with Gasteiger partial charge in [-0.1, -0.05) is 26.0 Å². The standard InChI is InChI=1S/C16H22N2/c1-12(2)7-8-13(3)18-16-6-4-5-14-11-17-10-9-15(14)16/h4-6,9-13,18H,7-8H2,1-3H3. The van der Waals surface area contributed by atoms with Crippen molar-refractivity contribution in [1.29, 1.82) is 0 Å². The number of rotatable bonds is 5. The predicted molar refractivity (Wildman–Crippen MR) is 78.9 cm³/mol. The molecule has 0 fully saturated rings. The number of hydrogen-bond acceptors (Lipinski definition) is 2. The normalized spacial score (nSPS) is 12.9. The zero-order chi connectivity index (χ0) is 13.0. The first kappa shape index (κ1) is 12.9. The second-order valence-corrected chi connectivity index (χ2v) is 5.42. The molecule has 1 N–H and O–H groups in total. The highest BCUT2D eigenvalue weighted by atomic mass is 14.9. The van der Waals surface area contributed by atoms with Crippen LogP contribution in [0.4, 0.5) is 5.69 Å². The third-order valence-electron chi connectivity index (χ3n) is 3.26. The largest absolute Gasteiger partial charge is 0.382 e. The summed E-state index contributed by atoms with van der Waals surface area (Å²) in [5.41, 5.74) is 1.21. The average Bonchev–Trinajstić information content (AvgIpc) is 2.37. The van der Waals surface area contributed by atoms with E-state index in [1.54, 1.807) is 0 Å². The van der Waals surface area contributed by atoms with Crippen molar-refractivity contribution in [3.05, 3.63) is 36.7 Å². The lowest BCUT2D eigenvalue weighted by Gasteiger charge is -2.17. The fraction of sp³-hybridized carbons (Fsp3) is 0.438. The Hall–Kier alpha value is -1.57. The van der Waals surface area contributed by atoms with Crippen LogP contribution in [-0.4, -0.2) is 11.0 Å². The van der Waals surface area contributed by atoms with Gasteiger partial charge in [-0.3, -0.25) is 4.98 Å². The minimum Gasteiger partial charge on any atom is -0.382 e. The quantitative estimate of drug-likeness (QED) is 0.836. The summed E-state index contributed by atoms with van der Waals surface area (Å²) in [5.74, 6) is 0.769. The fourth-order valence-electron chi connectivity index (χ4n) is 2.17. The van der Waals surface area contributed by atoms with Gasteiger partial charge >= 0.3 is 0 Å². The molecule has 0 aliphatic rings. The molecular weight excluding hydrogens is 220 g/mol. The topological polar surface area (TPSA) is 24.9 Å². The number of benzene rings is 1. The third-order valence-corrected chi connectivity index (χ3v) is 3.26. The van der Waals surface area contributed by atoms with Gasteiger partial charge in [-0.05, 0) is 37.8 Å². The van der Waals surface area contributed by atoms with Gasteiger partial charge in [0.05, 0.1) is 0 Å². The molecule has 0 amide bonds. The van der Waals surface area contributed by atoms with E-state index in [0.29, 0.717) is 6.04 Å². The van der Waals surface area contributed by atoms with Crippen LogP contribution >= 0.6 is 0 Å².